The Balaban J connectivity index is 1.68. The SMILES string of the molecule is Cc1ccc(NC(=O)c2cn(-c3ccccc3)nc2-c2ccccc2)cc1C(=O)NC(C)C. The van der Waals surface area contributed by atoms with E-state index in [9.17, 15) is 9.59 Å². The molecular weight excluding hydrogens is 412 g/mol. The highest BCUT2D eigenvalue weighted by atomic mass is 16.2. The molecule has 1 heterocycles. The van der Waals surface area contributed by atoms with Crippen LogP contribution in [0.15, 0.2) is 85.1 Å². The van der Waals surface area contributed by atoms with E-state index < -0.39 is 0 Å². The molecule has 0 aliphatic rings. The second kappa shape index (κ2) is 9.53. The van der Waals surface area contributed by atoms with Crippen molar-refractivity contribution < 1.29 is 9.59 Å². The van der Waals surface area contributed by atoms with Crippen LogP contribution in [0, 0.1) is 6.92 Å². The minimum Gasteiger partial charge on any atom is -0.350 e. The molecule has 0 aliphatic heterocycles. The third-order valence-electron chi connectivity index (χ3n) is 5.19. The van der Waals surface area contributed by atoms with Crippen LogP contribution >= 0.6 is 0 Å². The molecule has 0 radical (unpaired) electrons. The van der Waals surface area contributed by atoms with E-state index in [1.54, 1.807) is 23.0 Å². The molecule has 1 aromatic heterocycles. The minimum atomic E-state index is -0.296. The Morgan fingerprint density at radius 2 is 1.52 bits per heavy atom. The van der Waals surface area contributed by atoms with Crippen LogP contribution < -0.4 is 10.6 Å². The lowest BCUT2D eigenvalue weighted by Crippen LogP contribution is -2.30. The molecule has 6 nitrogen and oxygen atoms in total. The molecule has 0 unspecified atom stereocenters. The Kier molecular flexibility index (Phi) is 6.36. The summed E-state index contributed by atoms with van der Waals surface area (Å²) in [4.78, 5) is 25.9. The van der Waals surface area contributed by atoms with Crippen molar-refractivity contribution >= 4 is 17.5 Å². The van der Waals surface area contributed by atoms with Crippen LogP contribution in [0.5, 0.6) is 0 Å². The molecule has 4 aromatic rings. The first-order valence-electron chi connectivity index (χ1n) is 10.9. The molecule has 0 bridgehead atoms. The summed E-state index contributed by atoms with van der Waals surface area (Å²) in [5.74, 6) is -0.462. The fraction of sp³-hybridized carbons (Fsp3) is 0.148. The molecule has 166 valence electrons. The number of para-hydroxylation sites is 1. The van der Waals surface area contributed by atoms with Crippen LogP contribution in [0.3, 0.4) is 0 Å². The first-order valence-corrected chi connectivity index (χ1v) is 10.9. The van der Waals surface area contributed by atoms with Crippen LogP contribution in [-0.2, 0) is 0 Å². The number of anilines is 1. The highest BCUT2D eigenvalue weighted by Gasteiger charge is 2.20. The average Bonchev–Trinajstić information content (AvgIpc) is 3.27. The normalized spacial score (nSPS) is 10.8. The van der Waals surface area contributed by atoms with E-state index in [1.807, 2.05) is 87.5 Å². The zero-order chi connectivity index (χ0) is 23.4. The summed E-state index contributed by atoms with van der Waals surface area (Å²) >= 11 is 0. The van der Waals surface area contributed by atoms with Crippen molar-refractivity contribution in [2.75, 3.05) is 5.32 Å². The molecule has 2 N–H and O–H groups in total. The van der Waals surface area contributed by atoms with Crippen molar-refractivity contribution in [2.45, 2.75) is 26.8 Å². The number of hydrogen-bond donors (Lipinski definition) is 2. The van der Waals surface area contributed by atoms with Crippen LogP contribution in [0.4, 0.5) is 5.69 Å². The first-order chi connectivity index (χ1) is 15.9. The summed E-state index contributed by atoms with van der Waals surface area (Å²) in [5.41, 5.74) is 4.65. The summed E-state index contributed by atoms with van der Waals surface area (Å²) in [6.07, 6.45) is 1.73. The summed E-state index contributed by atoms with van der Waals surface area (Å²) in [6.45, 7) is 5.70. The average molecular weight is 439 g/mol. The fourth-order valence-electron chi connectivity index (χ4n) is 3.55. The molecule has 0 saturated heterocycles. The Bertz CT molecular complexity index is 1280. The summed E-state index contributed by atoms with van der Waals surface area (Å²) in [6, 6.07) is 24.6. The molecule has 33 heavy (non-hydrogen) atoms. The Morgan fingerprint density at radius 3 is 2.18 bits per heavy atom. The standard InChI is InChI=1S/C27H26N4O2/c1-18(2)28-26(32)23-16-21(15-14-19(23)3)29-27(33)24-17-31(22-12-8-5-9-13-22)30-25(24)20-10-6-4-7-11-20/h4-18H,1-3H3,(H,28,32)(H,29,33). The van der Waals surface area contributed by atoms with Crippen LogP contribution in [0.25, 0.3) is 16.9 Å². The van der Waals surface area contributed by atoms with Gasteiger partial charge in [0.15, 0.2) is 0 Å². The molecule has 0 fully saturated rings. The summed E-state index contributed by atoms with van der Waals surface area (Å²) < 4.78 is 1.70. The predicted octanol–water partition coefficient (Wildman–Crippen LogP) is 5.24. The number of carbonyl (C=O) groups excluding carboxylic acids is 2. The topological polar surface area (TPSA) is 76.0 Å². The number of nitrogens with one attached hydrogen (secondary N) is 2. The molecule has 0 aliphatic carbocycles. The largest absolute Gasteiger partial charge is 0.350 e. The lowest BCUT2D eigenvalue weighted by molar-refractivity contribution is 0.0941. The zero-order valence-electron chi connectivity index (χ0n) is 18.9. The van der Waals surface area contributed by atoms with E-state index in [0.29, 0.717) is 22.5 Å². The molecule has 0 spiro atoms. The van der Waals surface area contributed by atoms with Crippen LogP contribution in [0.1, 0.15) is 40.1 Å². The molecule has 6 heteroatoms. The van der Waals surface area contributed by atoms with Gasteiger partial charge in [0.2, 0.25) is 0 Å². The lowest BCUT2D eigenvalue weighted by atomic mass is 10.1. The highest BCUT2D eigenvalue weighted by molar-refractivity contribution is 6.08. The van der Waals surface area contributed by atoms with E-state index in [2.05, 4.69) is 10.6 Å². The van der Waals surface area contributed by atoms with Crippen molar-refractivity contribution in [1.29, 1.82) is 0 Å². The Labute approximate surface area is 193 Å². The molecule has 0 saturated carbocycles. The lowest BCUT2D eigenvalue weighted by Gasteiger charge is -2.12. The van der Waals surface area contributed by atoms with Crippen molar-refractivity contribution in [3.63, 3.8) is 0 Å². The van der Waals surface area contributed by atoms with E-state index in [0.717, 1.165) is 16.8 Å². The zero-order valence-corrected chi connectivity index (χ0v) is 18.9. The van der Waals surface area contributed by atoms with E-state index in [-0.39, 0.29) is 17.9 Å². The number of carbonyl (C=O) groups is 2. The van der Waals surface area contributed by atoms with Gasteiger partial charge in [-0.1, -0.05) is 54.6 Å². The van der Waals surface area contributed by atoms with Gasteiger partial charge in [0.25, 0.3) is 11.8 Å². The highest BCUT2D eigenvalue weighted by Crippen LogP contribution is 2.25. The van der Waals surface area contributed by atoms with Crippen molar-refractivity contribution in [1.82, 2.24) is 15.1 Å². The van der Waals surface area contributed by atoms with Crippen molar-refractivity contribution in [2.24, 2.45) is 0 Å². The van der Waals surface area contributed by atoms with Crippen LogP contribution in [-0.4, -0.2) is 27.6 Å². The molecule has 0 atom stereocenters. The Morgan fingerprint density at radius 1 is 0.848 bits per heavy atom. The van der Waals surface area contributed by atoms with Gasteiger partial charge in [0.1, 0.15) is 5.69 Å². The van der Waals surface area contributed by atoms with Crippen molar-refractivity contribution in [3.05, 3.63) is 102 Å². The van der Waals surface area contributed by atoms with Gasteiger partial charge in [0, 0.05) is 29.1 Å². The van der Waals surface area contributed by atoms with E-state index in [4.69, 9.17) is 5.10 Å². The second-order valence-corrected chi connectivity index (χ2v) is 8.15. The smallest absolute Gasteiger partial charge is 0.259 e. The number of aromatic nitrogens is 2. The van der Waals surface area contributed by atoms with Gasteiger partial charge in [-0.3, -0.25) is 9.59 Å². The molecule has 3 aromatic carbocycles. The van der Waals surface area contributed by atoms with Crippen LogP contribution in [0.2, 0.25) is 0 Å². The van der Waals surface area contributed by atoms with E-state index in [1.165, 1.54) is 0 Å². The molecule has 4 rings (SSSR count). The monoisotopic (exact) mass is 438 g/mol. The first kappa shape index (κ1) is 22.0. The summed E-state index contributed by atoms with van der Waals surface area (Å²) in [5, 5.41) is 10.5. The second-order valence-electron chi connectivity index (χ2n) is 8.15. The number of amides is 2. The summed E-state index contributed by atoms with van der Waals surface area (Å²) in [7, 11) is 0. The van der Waals surface area contributed by atoms with Crippen molar-refractivity contribution in [3.8, 4) is 16.9 Å². The maximum atomic E-state index is 13.3. The minimum absolute atomic E-state index is 0.0207. The number of benzene rings is 3. The third kappa shape index (κ3) is 5.01. The quantitative estimate of drug-likeness (QED) is 0.432. The number of hydrogen-bond acceptors (Lipinski definition) is 3. The van der Waals surface area contributed by atoms with Gasteiger partial charge in [-0.2, -0.15) is 5.10 Å². The molecular formula is C27H26N4O2. The van der Waals surface area contributed by atoms with Gasteiger partial charge in [0.05, 0.1) is 11.3 Å². The predicted molar refractivity (Wildman–Crippen MR) is 131 cm³/mol. The van der Waals surface area contributed by atoms with Gasteiger partial charge in [-0.05, 0) is 50.6 Å². The van der Waals surface area contributed by atoms with Gasteiger partial charge >= 0.3 is 0 Å². The molecule has 2 amide bonds. The van der Waals surface area contributed by atoms with Gasteiger partial charge in [-0.15, -0.1) is 0 Å². The van der Waals surface area contributed by atoms with E-state index >= 15 is 0 Å². The van der Waals surface area contributed by atoms with Gasteiger partial charge in [-0.25, -0.2) is 4.68 Å². The third-order valence-corrected chi connectivity index (χ3v) is 5.19. The number of rotatable bonds is 6. The number of aryl methyl sites for hydroxylation is 1. The number of nitrogens with zero attached hydrogens (tertiary/aromatic N) is 2. The maximum Gasteiger partial charge on any atom is 0.259 e. The van der Waals surface area contributed by atoms with Gasteiger partial charge < -0.3 is 10.6 Å². The Hall–Kier alpha value is -4.19. The fourth-order valence-corrected chi connectivity index (χ4v) is 3.55. The maximum absolute atomic E-state index is 13.3.